The number of piperidine rings is 1. The normalized spacial score (nSPS) is 21.3. The zero-order chi connectivity index (χ0) is 37.3. The number of aromatic nitrogens is 2. The van der Waals surface area contributed by atoms with Gasteiger partial charge in [-0.3, -0.25) is 9.59 Å². The number of amides is 3. The molecule has 2 unspecified atom stereocenters. The number of nitrogens with one attached hydrogen (secondary N) is 1. The van der Waals surface area contributed by atoms with E-state index >= 15 is 0 Å². The van der Waals surface area contributed by atoms with E-state index in [-0.39, 0.29) is 55.0 Å². The highest BCUT2D eigenvalue weighted by molar-refractivity contribution is 7.13. The number of aliphatic hydroxyl groups excluding tert-OH is 1. The van der Waals surface area contributed by atoms with Crippen LogP contribution >= 0.6 is 11.3 Å². The molecule has 3 aliphatic rings. The second-order valence-corrected chi connectivity index (χ2v) is 16.5. The SMILES string of the molecule is Cc1ncsc1-c1ccc(C(C)NC(=O)[C@@H]2C[C@@H](O)CN2C(=O)C(c2cc(N3CC(OC4CCN(C(=O)OC(C)(C)C)CC4)C3)no2)C(C)C)cc1. The first kappa shape index (κ1) is 37.7. The van der Waals surface area contributed by atoms with E-state index in [9.17, 15) is 19.5 Å². The van der Waals surface area contributed by atoms with E-state index in [1.165, 1.54) is 4.90 Å². The number of ether oxygens (including phenoxy) is 2. The largest absolute Gasteiger partial charge is 0.444 e. The number of carbonyl (C=O) groups is 3. The number of nitrogens with zero attached hydrogens (tertiary/aromatic N) is 5. The molecular formula is C38H52N6O7S. The minimum atomic E-state index is -0.808. The number of β-amino-alcohol motifs (C(OH)–C–C–N with tert-alkyl or cyclic N) is 1. The van der Waals surface area contributed by atoms with Gasteiger partial charge in [0.25, 0.3) is 0 Å². The molecule has 3 aliphatic heterocycles. The van der Waals surface area contributed by atoms with Crippen molar-refractivity contribution < 1.29 is 33.5 Å². The van der Waals surface area contributed by atoms with Gasteiger partial charge in [-0.05, 0) is 64.5 Å². The summed E-state index contributed by atoms with van der Waals surface area (Å²) in [6.07, 6.45) is 0.694. The smallest absolute Gasteiger partial charge is 0.410 e. The van der Waals surface area contributed by atoms with E-state index in [2.05, 4.69) is 20.4 Å². The third-order valence-corrected chi connectivity index (χ3v) is 11.0. The molecule has 14 heteroatoms. The van der Waals surface area contributed by atoms with Crippen LogP contribution in [0.25, 0.3) is 10.4 Å². The average molecular weight is 737 g/mol. The Balaban J connectivity index is 1.02. The van der Waals surface area contributed by atoms with Crippen LogP contribution in [0.5, 0.6) is 0 Å². The van der Waals surface area contributed by atoms with Crippen molar-refractivity contribution in [3.8, 4) is 10.4 Å². The zero-order valence-corrected chi connectivity index (χ0v) is 32.0. The first-order valence-corrected chi connectivity index (χ1v) is 19.2. The van der Waals surface area contributed by atoms with Crippen LogP contribution < -0.4 is 10.2 Å². The third kappa shape index (κ3) is 8.61. The van der Waals surface area contributed by atoms with Gasteiger partial charge in [0, 0.05) is 45.2 Å². The summed E-state index contributed by atoms with van der Waals surface area (Å²) in [5.41, 5.74) is 4.30. The summed E-state index contributed by atoms with van der Waals surface area (Å²) in [6, 6.07) is 8.73. The van der Waals surface area contributed by atoms with Crippen molar-refractivity contribution in [2.75, 3.05) is 37.6 Å². The molecule has 3 saturated heterocycles. The molecule has 3 amide bonds. The molecular weight excluding hydrogens is 685 g/mol. The second kappa shape index (κ2) is 15.5. The number of aliphatic hydroxyl groups is 1. The summed E-state index contributed by atoms with van der Waals surface area (Å²) >= 11 is 1.59. The Morgan fingerprint density at radius 2 is 1.73 bits per heavy atom. The molecule has 2 N–H and O–H groups in total. The molecule has 2 aromatic heterocycles. The first-order valence-electron chi connectivity index (χ1n) is 18.3. The van der Waals surface area contributed by atoms with Crippen molar-refractivity contribution in [3.63, 3.8) is 0 Å². The lowest BCUT2D eigenvalue weighted by Gasteiger charge is -2.42. The van der Waals surface area contributed by atoms with Crippen molar-refractivity contribution >= 4 is 35.1 Å². The van der Waals surface area contributed by atoms with Crippen LogP contribution in [0.3, 0.4) is 0 Å². The van der Waals surface area contributed by atoms with E-state index in [1.807, 2.05) is 78.2 Å². The number of likely N-dealkylation sites (tertiary alicyclic amines) is 2. The van der Waals surface area contributed by atoms with Gasteiger partial charge in [-0.2, -0.15) is 0 Å². The molecule has 0 spiro atoms. The molecule has 4 atom stereocenters. The number of anilines is 1. The average Bonchev–Trinajstić information content (AvgIpc) is 3.82. The second-order valence-electron chi connectivity index (χ2n) is 15.7. The highest BCUT2D eigenvalue weighted by Crippen LogP contribution is 2.35. The molecule has 0 bridgehead atoms. The fourth-order valence-electron chi connectivity index (χ4n) is 7.17. The lowest BCUT2D eigenvalue weighted by atomic mass is 9.91. The molecule has 3 fully saturated rings. The Bertz CT molecular complexity index is 1700. The monoisotopic (exact) mass is 736 g/mol. The quantitative estimate of drug-likeness (QED) is 0.281. The van der Waals surface area contributed by atoms with Gasteiger partial charge >= 0.3 is 6.09 Å². The highest BCUT2D eigenvalue weighted by atomic mass is 32.1. The first-order chi connectivity index (χ1) is 24.7. The molecule has 0 saturated carbocycles. The lowest BCUT2D eigenvalue weighted by molar-refractivity contribution is -0.141. The van der Waals surface area contributed by atoms with Crippen LogP contribution in [-0.2, 0) is 19.1 Å². The minimum absolute atomic E-state index is 0.0360. The van der Waals surface area contributed by atoms with Crippen molar-refractivity contribution in [1.82, 2.24) is 25.3 Å². The summed E-state index contributed by atoms with van der Waals surface area (Å²) in [6.45, 7) is 15.9. The number of hydrogen-bond acceptors (Lipinski definition) is 11. The van der Waals surface area contributed by atoms with Crippen LogP contribution in [0.2, 0.25) is 0 Å². The van der Waals surface area contributed by atoms with Gasteiger partial charge in [0.15, 0.2) is 11.6 Å². The molecule has 1 aromatic carbocycles. The van der Waals surface area contributed by atoms with Gasteiger partial charge in [0.1, 0.15) is 17.6 Å². The molecule has 13 nitrogen and oxygen atoms in total. The fourth-order valence-corrected chi connectivity index (χ4v) is 7.99. The van der Waals surface area contributed by atoms with Crippen LogP contribution in [0, 0.1) is 12.8 Å². The third-order valence-electron chi connectivity index (χ3n) is 10.0. The number of aryl methyl sites for hydroxylation is 1. The van der Waals surface area contributed by atoms with E-state index in [0.717, 1.165) is 34.5 Å². The van der Waals surface area contributed by atoms with Gasteiger partial charge in [-0.15, -0.1) is 11.3 Å². The highest BCUT2D eigenvalue weighted by Gasteiger charge is 2.44. The zero-order valence-electron chi connectivity index (χ0n) is 31.2. The summed E-state index contributed by atoms with van der Waals surface area (Å²) in [7, 11) is 0. The maximum Gasteiger partial charge on any atom is 0.410 e. The molecule has 0 radical (unpaired) electrons. The molecule has 0 aliphatic carbocycles. The fraction of sp³-hybridized carbons (Fsp3) is 0.605. The lowest BCUT2D eigenvalue weighted by Crippen LogP contribution is -2.54. The van der Waals surface area contributed by atoms with Gasteiger partial charge in [0.05, 0.1) is 40.4 Å². The Hall–Kier alpha value is -4.01. The topological polar surface area (TPSA) is 151 Å². The van der Waals surface area contributed by atoms with Gasteiger partial charge in [-0.1, -0.05) is 43.3 Å². The predicted molar refractivity (Wildman–Crippen MR) is 197 cm³/mol. The van der Waals surface area contributed by atoms with Crippen molar-refractivity contribution in [2.24, 2.45) is 5.92 Å². The van der Waals surface area contributed by atoms with E-state index in [0.29, 0.717) is 37.8 Å². The maximum absolute atomic E-state index is 14.1. The van der Waals surface area contributed by atoms with Crippen molar-refractivity contribution in [1.29, 1.82) is 0 Å². The molecule has 52 heavy (non-hydrogen) atoms. The predicted octanol–water partition coefficient (Wildman–Crippen LogP) is 5.29. The maximum atomic E-state index is 14.1. The van der Waals surface area contributed by atoms with Crippen molar-refractivity contribution in [2.45, 2.75) is 110 Å². The van der Waals surface area contributed by atoms with Gasteiger partial charge in [-0.25, -0.2) is 9.78 Å². The van der Waals surface area contributed by atoms with Crippen molar-refractivity contribution in [3.05, 3.63) is 52.9 Å². The molecule has 5 heterocycles. The summed E-state index contributed by atoms with van der Waals surface area (Å²) in [4.78, 5) is 50.9. The van der Waals surface area contributed by atoms with Crippen LogP contribution in [0.15, 0.2) is 40.4 Å². The summed E-state index contributed by atoms with van der Waals surface area (Å²) in [5, 5.41) is 18.0. The summed E-state index contributed by atoms with van der Waals surface area (Å²) < 4.78 is 17.6. The van der Waals surface area contributed by atoms with E-state index in [4.69, 9.17) is 14.0 Å². The number of benzene rings is 1. The number of rotatable bonds is 10. The minimum Gasteiger partial charge on any atom is -0.444 e. The number of carbonyl (C=O) groups excluding carboxylic acids is 3. The Kier molecular flexibility index (Phi) is 11.3. The van der Waals surface area contributed by atoms with Crippen LogP contribution in [0.4, 0.5) is 10.6 Å². The molecule has 6 rings (SSSR count). The number of thiazole rings is 1. The van der Waals surface area contributed by atoms with Crippen LogP contribution in [-0.4, -0.2) is 106 Å². The van der Waals surface area contributed by atoms with E-state index < -0.39 is 23.7 Å². The Morgan fingerprint density at radius 1 is 1.04 bits per heavy atom. The Labute approximate surface area is 309 Å². The van der Waals surface area contributed by atoms with Gasteiger partial charge in [0.2, 0.25) is 11.8 Å². The number of hydrogen-bond donors (Lipinski definition) is 2. The molecule has 282 valence electrons. The molecule has 3 aromatic rings. The van der Waals surface area contributed by atoms with E-state index in [1.54, 1.807) is 22.3 Å². The summed E-state index contributed by atoms with van der Waals surface area (Å²) in [5.74, 6) is -0.330. The van der Waals surface area contributed by atoms with Gasteiger partial charge < -0.3 is 39.1 Å². The standard InChI is InChI=1S/C38H52N6O7S/c1-22(2)33(31-17-32(41-51-31)43-19-29(20-43)49-28-12-14-42(15-13-28)37(48)50-38(5,6)7)36(47)44-18-27(45)16-30(44)35(46)40-23(3)25-8-10-26(11-9-25)34-24(4)39-21-52-34/h8-11,17,21-23,27-30,33,45H,12-16,18-20H2,1-7H3,(H,40,46)/t23?,27-,30+,33?/m1/s1. The Morgan fingerprint density at radius 3 is 2.35 bits per heavy atom. The van der Waals surface area contributed by atoms with Crippen LogP contribution in [0.1, 0.15) is 89.8 Å².